The largest absolute Gasteiger partial charge is 0.488 e. The van der Waals surface area contributed by atoms with Crippen molar-refractivity contribution >= 4 is 27.5 Å². The van der Waals surface area contributed by atoms with E-state index in [2.05, 4.69) is 5.32 Å². The second kappa shape index (κ2) is 13.2. The van der Waals surface area contributed by atoms with Gasteiger partial charge in [-0.05, 0) is 44.2 Å². The van der Waals surface area contributed by atoms with Crippen LogP contribution >= 0.6 is 0 Å². The molecular weight excluding hydrogens is 563 g/mol. The van der Waals surface area contributed by atoms with Crippen LogP contribution in [0.1, 0.15) is 37.8 Å². The molecule has 3 atom stereocenters. The number of sulfonamides is 1. The van der Waals surface area contributed by atoms with Crippen molar-refractivity contribution in [2.24, 2.45) is 5.92 Å². The van der Waals surface area contributed by atoms with E-state index in [9.17, 15) is 36.3 Å². The lowest BCUT2D eigenvalue weighted by molar-refractivity contribution is -0.142. The van der Waals surface area contributed by atoms with Crippen LogP contribution in [0.25, 0.3) is 0 Å². The highest BCUT2D eigenvalue weighted by atomic mass is 32.2. The van der Waals surface area contributed by atoms with Crippen LogP contribution in [0.4, 0.5) is 18.9 Å². The molecule has 0 radical (unpaired) electrons. The number of carbonyl (C=O) groups excluding carboxylic acids is 2. The molecule has 0 fully saturated rings. The predicted octanol–water partition coefficient (Wildman–Crippen LogP) is 3.75. The first-order valence-corrected chi connectivity index (χ1v) is 14.6. The predicted molar refractivity (Wildman–Crippen MR) is 147 cm³/mol. The molecule has 1 heterocycles. The molecular formula is C28H36F3N3O6S. The van der Waals surface area contributed by atoms with E-state index in [0.717, 1.165) is 5.56 Å². The molecule has 0 spiro atoms. The summed E-state index contributed by atoms with van der Waals surface area (Å²) in [7, 11) is -2.42. The summed E-state index contributed by atoms with van der Waals surface area (Å²) in [6.45, 7) is 5.19. The Kier molecular flexibility index (Phi) is 10.4. The SMILES string of the molecule is Cc1ccc(S(=O)(=O)N(C)C[C@H]2Oc3ccc(NC(=O)CCC(F)(F)F)cc3CC(=O)N([C@@H](C)CO)C[C@H]2C)cc1. The monoisotopic (exact) mass is 599 g/mol. The number of alkyl halides is 3. The van der Waals surface area contributed by atoms with Gasteiger partial charge in [-0.2, -0.15) is 17.5 Å². The molecule has 0 saturated carbocycles. The number of rotatable bonds is 9. The fourth-order valence-electron chi connectivity index (χ4n) is 4.45. The first kappa shape index (κ1) is 32.4. The summed E-state index contributed by atoms with van der Waals surface area (Å²) in [5, 5.41) is 12.2. The molecule has 226 valence electrons. The molecule has 3 rings (SSSR count). The number of hydrogen-bond acceptors (Lipinski definition) is 6. The third-order valence-corrected chi connectivity index (χ3v) is 8.84. The summed E-state index contributed by atoms with van der Waals surface area (Å²) in [4.78, 5) is 27.0. The summed E-state index contributed by atoms with van der Waals surface area (Å²) in [6, 6.07) is 10.3. The highest BCUT2D eigenvalue weighted by Gasteiger charge is 2.34. The minimum absolute atomic E-state index is 0.0533. The smallest absolute Gasteiger partial charge is 0.389 e. The highest BCUT2D eigenvalue weighted by molar-refractivity contribution is 7.89. The average molecular weight is 600 g/mol. The Bertz CT molecular complexity index is 1330. The fraction of sp³-hybridized carbons (Fsp3) is 0.500. The maximum atomic E-state index is 13.3. The van der Waals surface area contributed by atoms with Crippen molar-refractivity contribution in [3.8, 4) is 5.75 Å². The Morgan fingerprint density at radius 2 is 1.88 bits per heavy atom. The van der Waals surface area contributed by atoms with E-state index >= 15 is 0 Å². The minimum atomic E-state index is -4.47. The van der Waals surface area contributed by atoms with Gasteiger partial charge in [-0.15, -0.1) is 0 Å². The Labute approximate surface area is 238 Å². The number of nitrogens with one attached hydrogen (secondary N) is 1. The number of benzene rings is 2. The zero-order valence-corrected chi connectivity index (χ0v) is 24.3. The molecule has 0 aliphatic carbocycles. The number of ether oxygens (including phenoxy) is 1. The molecule has 2 N–H and O–H groups in total. The highest BCUT2D eigenvalue weighted by Crippen LogP contribution is 2.30. The van der Waals surface area contributed by atoms with Crippen molar-refractivity contribution in [1.29, 1.82) is 0 Å². The minimum Gasteiger partial charge on any atom is -0.488 e. The number of fused-ring (bicyclic) bond motifs is 1. The second-order valence-electron chi connectivity index (χ2n) is 10.5. The standard InChI is InChI=1S/C28H36F3N3O6S/c1-18-5-8-23(9-6-18)41(38,39)33(4)16-25-19(2)15-34(20(3)17-35)27(37)14-21-13-22(7-10-24(21)40-25)32-26(36)11-12-28(29,30)31/h5-10,13,19-20,25,35H,11-12,14-17H2,1-4H3,(H,32,36)/t19-,20+,25-/m1/s1. The van der Waals surface area contributed by atoms with Crippen molar-refractivity contribution < 1.29 is 41.0 Å². The van der Waals surface area contributed by atoms with Gasteiger partial charge in [0.15, 0.2) is 0 Å². The van der Waals surface area contributed by atoms with E-state index in [1.165, 1.54) is 46.6 Å². The van der Waals surface area contributed by atoms with Gasteiger partial charge in [0.25, 0.3) is 0 Å². The Balaban J connectivity index is 1.92. The number of aryl methyl sites for hydroxylation is 1. The van der Waals surface area contributed by atoms with Gasteiger partial charge in [0.2, 0.25) is 21.8 Å². The molecule has 0 saturated heterocycles. The first-order valence-electron chi connectivity index (χ1n) is 13.2. The molecule has 0 unspecified atom stereocenters. The molecule has 13 heteroatoms. The first-order chi connectivity index (χ1) is 19.1. The molecule has 2 aromatic carbocycles. The summed E-state index contributed by atoms with van der Waals surface area (Å²) < 4.78 is 71.6. The van der Waals surface area contributed by atoms with Gasteiger partial charge in [0.05, 0.1) is 36.9 Å². The maximum Gasteiger partial charge on any atom is 0.389 e. The maximum absolute atomic E-state index is 13.3. The molecule has 41 heavy (non-hydrogen) atoms. The van der Waals surface area contributed by atoms with Crippen LogP contribution in [0, 0.1) is 12.8 Å². The zero-order chi connectivity index (χ0) is 30.5. The van der Waals surface area contributed by atoms with E-state index in [1.54, 1.807) is 19.1 Å². The van der Waals surface area contributed by atoms with Gasteiger partial charge in [-0.25, -0.2) is 8.42 Å². The number of nitrogens with zero attached hydrogens (tertiary/aromatic N) is 2. The number of hydrogen-bond donors (Lipinski definition) is 2. The summed E-state index contributed by atoms with van der Waals surface area (Å²) in [6.07, 6.45) is -7.37. The molecule has 1 aliphatic heterocycles. The van der Waals surface area contributed by atoms with E-state index in [4.69, 9.17) is 4.74 Å². The van der Waals surface area contributed by atoms with Gasteiger partial charge < -0.3 is 20.1 Å². The number of anilines is 1. The zero-order valence-electron chi connectivity index (χ0n) is 23.4. The van der Waals surface area contributed by atoms with Crippen LogP contribution < -0.4 is 10.1 Å². The van der Waals surface area contributed by atoms with E-state index < -0.39 is 47.1 Å². The van der Waals surface area contributed by atoms with Crippen molar-refractivity contribution in [1.82, 2.24) is 9.21 Å². The lowest BCUT2D eigenvalue weighted by atomic mass is 10.0. The summed E-state index contributed by atoms with van der Waals surface area (Å²) in [5.41, 5.74) is 1.47. The van der Waals surface area contributed by atoms with Crippen molar-refractivity contribution in [3.63, 3.8) is 0 Å². The number of halogens is 3. The number of aliphatic hydroxyl groups excluding tert-OH is 1. The molecule has 0 bridgehead atoms. The Hall–Kier alpha value is -3.16. The quantitative estimate of drug-likeness (QED) is 0.454. The van der Waals surface area contributed by atoms with Crippen LogP contribution in [-0.2, 0) is 26.0 Å². The normalized spacial score (nSPS) is 19.0. The van der Waals surface area contributed by atoms with Crippen molar-refractivity contribution in [2.45, 2.75) is 63.3 Å². The summed E-state index contributed by atoms with van der Waals surface area (Å²) in [5.74, 6) is -1.24. The molecule has 2 amide bonds. The Morgan fingerprint density at radius 3 is 2.49 bits per heavy atom. The second-order valence-corrected chi connectivity index (χ2v) is 12.5. The topological polar surface area (TPSA) is 116 Å². The lowest BCUT2D eigenvalue weighted by Gasteiger charge is -2.33. The van der Waals surface area contributed by atoms with Gasteiger partial charge >= 0.3 is 6.18 Å². The van der Waals surface area contributed by atoms with Gasteiger partial charge in [-0.3, -0.25) is 9.59 Å². The van der Waals surface area contributed by atoms with Gasteiger partial charge in [-0.1, -0.05) is 24.6 Å². The van der Waals surface area contributed by atoms with E-state index in [1.807, 2.05) is 13.8 Å². The van der Waals surface area contributed by atoms with E-state index in [0.29, 0.717) is 5.56 Å². The third-order valence-electron chi connectivity index (χ3n) is 7.00. The van der Waals surface area contributed by atoms with Crippen molar-refractivity contribution in [2.75, 3.05) is 32.1 Å². The summed E-state index contributed by atoms with van der Waals surface area (Å²) >= 11 is 0. The van der Waals surface area contributed by atoms with Crippen LogP contribution in [0.2, 0.25) is 0 Å². The number of aliphatic hydroxyl groups is 1. The van der Waals surface area contributed by atoms with Gasteiger partial charge in [0.1, 0.15) is 11.9 Å². The van der Waals surface area contributed by atoms with Crippen LogP contribution in [0.3, 0.4) is 0 Å². The van der Waals surface area contributed by atoms with Crippen LogP contribution in [0.5, 0.6) is 5.75 Å². The average Bonchev–Trinajstić information content (AvgIpc) is 2.94. The van der Waals surface area contributed by atoms with Crippen molar-refractivity contribution in [3.05, 3.63) is 53.6 Å². The number of likely N-dealkylation sites (N-methyl/N-ethyl adjacent to an activating group) is 1. The fourth-order valence-corrected chi connectivity index (χ4v) is 5.63. The van der Waals surface area contributed by atoms with Crippen LogP contribution in [0.15, 0.2) is 47.4 Å². The third kappa shape index (κ3) is 8.66. The van der Waals surface area contributed by atoms with E-state index in [-0.39, 0.29) is 54.3 Å². The molecule has 1 aliphatic rings. The number of carbonyl (C=O) groups is 2. The lowest BCUT2D eigenvalue weighted by Crippen LogP contribution is -2.48. The molecule has 0 aromatic heterocycles. The van der Waals surface area contributed by atoms with Crippen LogP contribution in [-0.4, -0.2) is 79.6 Å². The number of amides is 2. The Morgan fingerprint density at radius 1 is 1.22 bits per heavy atom. The van der Waals surface area contributed by atoms with Gasteiger partial charge in [0, 0.05) is 37.2 Å². The molecule has 2 aromatic rings. The molecule has 9 nitrogen and oxygen atoms in total.